The van der Waals surface area contributed by atoms with E-state index in [0.717, 1.165) is 48.3 Å². The van der Waals surface area contributed by atoms with Crippen molar-refractivity contribution in [3.8, 4) is 5.75 Å². The fourth-order valence-corrected chi connectivity index (χ4v) is 3.71. The molecule has 1 aliphatic heterocycles. The summed E-state index contributed by atoms with van der Waals surface area (Å²) in [6, 6.07) is 5.61. The zero-order valence-corrected chi connectivity index (χ0v) is 14.4. The molecule has 1 spiro atoms. The quantitative estimate of drug-likeness (QED) is 0.853. The van der Waals surface area contributed by atoms with Gasteiger partial charge in [0.2, 0.25) is 5.91 Å². The number of hydrogen-bond donors (Lipinski definition) is 2. The number of nitrogens with one attached hydrogen (secondary N) is 2. The fraction of sp³-hybridized carbons (Fsp3) is 0.533. The number of carbonyl (C=O) groups is 1. The lowest BCUT2D eigenvalue weighted by atomic mass is 9.92. The van der Waals surface area contributed by atoms with Gasteiger partial charge in [-0.25, -0.2) is 0 Å². The van der Waals surface area contributed by atoms with Crippen LogP contribution in [0.5, 0.6) is 5.75 Å². The second-order valence-electron chi connectivity index (χ2n) is 5.71. The highest BCUT2D eigenvalue weighted by Gasteiger charge is 2.57. The van der Waals surface area contributed by atoms with Crippen molar-refractivity contribution in [2.24, 2.45) is 11.3 Å². The lowest BCUT2D eigenvalue weighted by Crippen LogP contribution is -2.31. The Balaban J connectivity index is 0.00000161. The molecule has 1 aliphatic carbocycles. The maximum Gasteiger partial charge on any atom is 0.228 e. The third kappa shape index (κ3) is 3.35. The van der Waals surface area contributed by atoms with E-state index in [1.54, 1.807) is 7.11 Å². The molecule has 2 N–H and O–H groups in total. The Morgan fingerprint density at radius 3 is 2.76 bits per heavy atom. The standard InChI is InChI=1S/C15H19BrN2O2.ClH/c1-20-13-3-2-10(8-12(13)16)18-14(19)11-9-15(11)4-6-17-7-5-15;/h2-3,8,11,17H,4-7,9H2,1H3,(H,18,19);1H. The minimum absolute atomic E-state index is 0. The van der Waals surface area contributed by atoms with Crippen LogP contribution in [0, 0.1) is 11.3 Å². The molecule has 1 aromatic rings. The molecule has 0 aromatic heterocycles. The lowest BCUT2D eigenvalue weighted by molar-refractivity contribution is -0.118. The van der Waals surface area contributed by atoms with E-state index in [4.69, 9.17) is 4.74 Å². The van der Waals surface area contributed by atoms with Gasteiger partial charge in [0.05, 0.1) is 11.6 Å². The Morgan fingerprint density at radius 2 is 2.14 bits per heavy atom. The summed E-state index contributed by atoms with van der Waals surface area (Å²) in [5.74, 6) is 1.11. The van der Waals surface area contributed by atoms with Crippen LogP contribution in [0.4, 0.5) is 5.69 Å². The first-order valence-corrected chi connectivity index (χ1v) is 7.79. The summed E-state index contributed by atoms with van der Waals surface area (Å²) in [5.41, 5.74) is 1.10. The molecule has 4 nitrogen and oxygen atoms in total. The summed E-state index contributed by atoms with van der Waals surface area (Å²) < 4.78 is 6.04. The molecule has 1 atom stereocenters. The normalized spacial score (nSPS) is 22.3. The SMILES string of the molecule is COc1ccc(NC(=O)C2CC23CCNCC3)cc1Br.Cl. The molecule has 1 amide bonds. The molecule has 1 saturated carbocycles. The summed E-state index contributed by atoms with van der Waals surface area (Å²) in [6.45, 7) is 2.08. The first-order chi connectivity index (χ1) is 9.64. The summed E-state index contributed by atoms with van der Waals surface area (Å²) in [4.78, 5) is 12.3. The van der Waals surface area contributed by atoms with Crippen molar-refractivity contribution >= 4 is 39.9 Å². The first-order valence-electron chi connectivity index (χ1n) is 7.00. The number of benzene rings is 1. The van der Waals surface area contributed by atoms with E-state index >= 15 is 0 Å². The Bertz CT molecular complexity index is 532. The summed E-state index contributed by atoms with van der Waals surface area (Å²) in [7, 11) is 1.63. The molecule has 0 radical (unpaired) electrons. The average molecular weight is 376 g/mol. The zero-order chi connectivity index (χ0) is 14.2. The molecule has 116 valence electrons. The second kappa shape index (κ2) is 6.55. The van der Waals surface area contributed by atoms with Gasteiger partial charge in [-0.15, -0.1) is 12.4 Å². The van der Waals surface area contributed by atoms with Gasteiger partial charge in [-0.05, 0) is 71.9 Å². The van der Waals surface area contributed by atoms with Crippen molar-refractivity contribution in [2.75, 3.05) is 25.5 Å². The molecule has 6 heteroatoms. The molecule has 2 fully saturated rings. The van der Waals surface area contributed by atoms with Gasteiger partial charge in [0.1, 0.15) is 5.75 Å². The van der Waals surface area contributed by atoms with Crippen LogP contribution in [0.1, 0.15) is 19.3 Å². The van der Waals surface area contributed by atoms with Crippen LogP contribution in [-0.2, 0) is 4.79 Å². The predicted molar refractivity (Wildman–Crippen MR) is 89.2 cm³/mol. The maximum absolute atomic E-state index is 12.3. The molecule has 3 rings (SSSR count). The monoisotopic (exact) mass is 374 g/mol. The van der Waals surface area contributed by atoms with Crippen molar-refractivity contribution < 1.29 is 9.53 Å². The lowest BCUT2D eigenvalue weighted by Gasteiger charge is -2.23. The Hall–Kier alpha value is -0.780. The molecule has 1 heterocycles. The molecule has 1 unspecified atom stereocenters. The van der Waals surface area contributed by atoms with Crippen LogP contribution in [0.15, 0.2) is 22.7 Å². The number of halogens is 2. The molecule has 21 heavy (non-hydrogen) atoms. The highest BCUT2D eigenvalue weighted by atomic mass is 79.9. The van der Waals surface area contributed by atoms with Crippen LogP contribution in [0.3, 0.4) is 0 Å². The van der Waals surface area contributed by atoms with E-state index in [9.17, 15) is 4.79 Å². The van der Waals surface area contributed by atoms with E-state index < -0.39 is 0 Å². The number of methoxy groups -OCH3 is 1. The van der Waals surface area contributed by atoms with Gasteiger partial charge >= 0.3 is 0 Å². The minimum Gasteiger partial charge on any atom is -0.496 e. The van der Waals surface area contributed by atoms with Gasteiger partial charge in [-0.2, -0.15) is 0 Å². The van der Waals surface area contributed by atoms with Gasteiger partial charge < -0.3 is 15.4 Å². The van der Waals surface area contributed by atoms with E-state index in [-0.39, 0.29) is 29.6 Å². The number of hydrogen-bond acceptors (Lipinski definition) is 3. The second-order valence-corrected chi connectivity index (χ2v) is 6.56. The Kier molecular flexibility index (Phi) is 5.17. The summed E-state index contributed by atoms with van der Waals surface area (Å²) >= 11 is 3.44. The molecule has 0 bridgehead atoms. The minimum atomic E-state index is 0. The number of piperidine rings is 1. The van der Waals surface area contributed by atoms with Gasteiger partial charge in [0.15, 0.2) is 0 Å². The summed E-state index contributed by atoms with van der Waals surface area (Å²) in [5, 5.41) is 6.38. The van der Waals surface area contributed by atoms with E-state index in [2.05, 4.69) is 26.6 Å². The van der Waals surface area contributed by atoms with Crippen LogP contribution in [0.2, 0.25) is 0 Å². The number of rotatable bonds is 3. The molecule has 2 aliphatic rings. The highest BCUT2D eigenvalue weighted by molar-refractivity contribution is 9.10. The van der Waals surface area contributed by atoms with Crippen LogP contribution in [-0.4, -0.2) is 26.1 Å². The third-order valence-corrected chi connectivity index (χ3v) is 5.14. The number of amides is 1. The van der Waals surface area contributed by atoms with Gasteiger partial charge in [0.25, 0.3) is 0 Å². The van der Waals surface area contributed by atoms with E-state index in [0.29, 0.717) is 0 Å². The van der Waals surface area contributed by atoms with Crippen molar-refractivity contribution in [2.45, 2.75) is 19.3 Å². The fourth-order valence-electron chi connectivity index (χ4n) is 3.17. The van der Waals surface area contributed by atoms with Crippen molar-refractivity contribution in [3.63, 3.8) is 0 Å². The largest absolute Gasteiger partial charge is 0.496 e. The molecule has 1 aromatic carbocycles. The number of anilines is 1. The van der Waals surface area contributed by atoms with E-state index in [1.807, 2.05) is 18.2 Å². The maximum atomic E-state index is 12.3. The van der Waals surface area contributed by atoms with Crippen molar-refractivity contribution in [1.82, 2.24) is 5.32 Å². The van der Waals surface area contributed by atoms with Crippen LogP contribution in [0.25, 0.3) is 0 Å². The Morgan fingerprint density at radius 1 is 1.43 bits per heavy atom. The van der Waals surface area contributed by atoms with Gasteiger partial charge in [-0.1, -0.05) is 0 Å². The predicted octanol–water partition coefficient (Wildman–Crippen LogP) is 3.21. The number of ether oxygens (including phenoxy) is 1. The smallest absolute Gasteiger partial charge is 0.228 e. The third-order valence-electron chi connectivity index (χ3n) is 4.52. The van der Waals surface area contributed by atoms with Crippen LogP contribution < -0.4 is 15.4 Å². The first kappa shape index (κ1) is 16.6. The van der Waals surface area contributed by atoms with E-state index in [1.165, 1.54) is 0 Å². The Labute approximate surface area is 139 Å². The van der Waals surface area contributed by atoms with Gasteiger partial charge in [-0.3, -0.25) is 4.79 Å². The topological polar surface area (TPSA) is 50.4 Å². The van der Waals surface area contributed by atoms with Crippen LogP contribution >= 0.6 is 28.3 Å². The molecular formula is C15H20BrClN2O2. The van der Waals surface area contributed by atoms with Crippen molar-refractivity contribution in [3.05, 3.63) is 22.7 Å². The van der Waals surface area contributed by atoms with Gasteiger partial charge in [0, 0.05) is 11.6 Å². The number of carbonyl (C=O) groups excluding carboxylic acids is 1. The van der Waals surface area contributed by atoms with Crippen molar-refractivity contribution in [1.29, 1.82) is 0 Å². The zero-order valence-electron chi connectivity index (χ0n) is 11.9. The highest BCUT2D eigenvalue weighted by Crippen LogP contribution is 2.58. The average Bonchev–Trinajstić information content (AvgIpc) is 3.13. The molecule has 1 saturated heterocycles. The molecular weight excluding hydrogens is 356 g/mol. The summed E-state index contributed by atoms with van der Waals surface area (Å²) in [6.07, 6.45) is 3.28.